The molecule has 0 bridgehead atoms. The number of nitrogens with zero attached hydrogens (tertiary/aromatic N) is 2. The molecule has 52 valence electrons. The Morgan fingerprint density at radius 1 is 1.18 bits per heavy atom. The number of benzene rings is 1. The van der Waals surface area contributed by atoms with Gasteiger partial charge >= 0.3 is 0 Å². The average Bonchev–Trinajstić information content (AvgIpc) is 2.83. The van der Waals surface area contributed by atoms with Crippen molar-refractivity contribution >= 4 is 11.9 Å². The molecule has 0 saturated carbocycles. The minimum Gasteiger partial charge on any atom is -0.296 e. The summed E-state index contributed by atoms with van der Waals surface area (Å²) in [4.78, 5) is 6.30. The molecule has 0 radical (unpaired) electrons. The highest BCUT2D eigenvalue weighted by Gasteiger charge is 2.26. The fourth-order valence-corrected chi connectivity index (χ4v) is 1.33. The van der Waals surface area contributed by atoms with Crippen LogP contribution in [0.4, 0.5) is 5.69 Å². The summed E-state index contributed by atoms with van der Waals surface area (Å²) in [5, 5.41) is 0. The maximum atomic E-state index is 4.21. The highest BCUT2D eigenvalue weighted by atomic mass is 15.3. The maximum Gasteiger partial charge on any atom is 0.154 e. The molecule has 1 aromatic rings. The second-order valence-corrected chi connectivity index (χ2v) is 2.67. The first-order valence-corrected chi connectivity index (χ1v) is 3.59. The number of para-hydroxylation sites is 1. The Morgan fingerprint density at radius 2 is 2.09 bits per heavy atom. The topological polar surface area (TPSA) is 15.4 Å². The average molecular weight is 142 g/mol. The molecule has 0 amide bonds. The van der Waals surface area contributed by atoms with Crippen LogP contribution in [0, 0.1) is 0 Å². The van der Waals surface area contributed by atoms with E-state index in [1.807, 2.05) is 24.5 Å². The van der Waals surface area contributed by atoms with E-state index in [9.17, 15) is 0 Å². The third-order valence-corrected chi connectivity index (χ3v) is 1.96. The second-order valence-electron chi connectivity index (χ2n) is 2.67. The predicted molar refractivity (Wildman–Crippen MR) is 44.6 cm³/mol. The Morgan fingerprint density at radius 3 is 3.09 bits per heavy atom. The zero-order valence-corrected chi connectivity index (χ0v) is 5.86. The first kappa shape index (κ1) is 5.13. The van der Waals surface area contributed by atoms with Gasteiger partial charge in [0.15, 0.2) is 5.82 Å². The lowest BCUT2D eigenvalue weighted by Gasteiger charge is -2.10. The Kier molecular flexibility index (Phi) is 0.714. The van der Waals surface area contributed by atoms with Gasteiger partial charge in [-0.2, -0.15) is 0 Å². The van der Waals surface area contributed by atoms with Gasteiger partial charge < -0.3 is 0 Å². The summed E-state index contributed by atoms with van der Waals surface area (Å²) in [6.45, 7) is 0. The molecule has 2 heterocycles. The molecule has 0 atom stereocenters. The van der Waals surface area contributed by atoms with Crippen LogP contribution in [0.3, 0.4) is 0 Å². The van der Waals surface area contributed by atoms with Crippen molar-refractivity contribution in [3.8, 4) is 0 Å². The van der Waals surface area contributed by atoms with Crippen molar-refractivity contribution < 1.29 is 0 Å². The summed E-state index contributed by atoms with van der Waals surface area (Å²) >= 11 is 0. The molecule has 2 aliphatic heterocycles. The van der Waals surface area contributed by atoms with Crippen LogP contribution in [0.5, 0.6) is 0 Å². The molecule has 0 fully saturated rings. The SMILES string of the molecule is C1=NC2=CN2c2ccccc21. The fraction of sp³-hybridized carbons (Fsp3) is 0. The molecule has 0 aliphatic carbocycles. The Labute approximate surface area is 64.5 Å². The lowest BCUT2D eigenvalue weighted by molar-refractivity contribution is 1.29. The first-order valence-electron chi connectivity index (χ1n) is 3.59. The Bertz CT molecular complexity index is 377. The number of fused-ring (bicyclic) bond motifs is 3. The van der Waals surface area contributed by atoms with Gasteiger partial charge in [0.05, 0.1) is 11.9 Å². The highest BCUT2D eigenvalue weighted by molar-refractivity contribution is 5.94. The summed E-state index contributed by atoms with van der Waals surface area (Å²) < 4.78 is 0. The number of aliphatic imine (C=N–C) groups is 1. The van der Waals surface area contributed by atoms with Crippen molar-refractivity contribution in [3.63, 3.8) is 0 Å². The molecule has 2 heteroatoms. The van der Waals surface area contributed by atoms with Crippen LogP contribution in [0.1, 0.15) is 5.56 Å². The zero-order chi connectivity index (χ0) is 7.26. The van der Waals surface area contributed by atoms with E-state index in [4.69, 9.17) is 0 Å². The van der Waals surface area contributed by atoms with Gasteiger partial charge in [0.2, 0.25) is 0 Å². The van der Waals surface area contributed by atoms with Crippen LogP contribution in [-0.4, -0.2) is 6.21 Å². The van der Waals surface area contributed by atoms with E-state index < -0.39 is 0 Å². The molecule has 11 heavy (non-hydrogen) atoms. The van der Waals surface area contributed by atoms with Gasteiger partial charge in [-0.15, -0.1) is 0 Å². The van der Waals surface area contributed by atoms with Crippen molar-refractivity contribution in [2.45, 2.75) is 0 Å². The van der Waals surface area contributed by atoms with Gasteiger partial charge in [-0.1, -0.05) is 18.2 Å². The second kappa shape index (κ2) is 1.53. The molecular formula is C9H6N2. The van der Waals surface area contributed by atoms with Crippen molar-refractivity contribution in [2.75, 3.05) is 4.90 Å². The number of rotatable bonds is 0. The van der Waals surface area contributed by atoms with Gasteiger partial charge in [0, 0.05) is 11.8 Å². The Balaban J connectivity index is 2.26. The number of anilines is 1. The van der Waals surface area contributed by atoms with Crippen LogP contribution >= 0.6 is 0 Å². The first-order chi connectivity index (χ1) is 5.45. The van der Waals surface area contributed by atoms with E-state index in [-0.39, 0.29) is 0 Å². The molecule has 3 rings (SSSR count). The monoisotopic (exact) mass is 142 g/mol. The lowest BCUT2D eigenvalue weighted by atomic mass is 10.2. The molecule has 0 unspecified atom stereocenters. The number of hydrogen-bond donors (Lipinski definition) is 0. The van der Waals surface area contributed by atoms with Crippen molar-refractivity contribution in [1.29, 1.82) is 0 Å². The van der Waals surface area contributed by atoms with Gasteiger partial charge in [0.25, 0.3) is 0 Å². The Hall–Kier alpha value is -1.57. The largest absolute Gasteiger partial charge is 0.296 e. The fourth-order valence-electron chi connectivity index (χ4n) is 1.33. The molecule has 2 aliphatic rings. The molecular weight excluding hydrogens is 136 g/mol. The summed E-state index contributed by atoms with van der Waals surface area (Å²) in [6.07, 6.45) is 3.94. The summed E-state index contributed by atoms with van der Waals surface area (Å²) in [6, 6.07) is 8.24. The zero-order valence-electron chi connectivity index (χ0n) is 5.86. The standard InChI is InChI=1S/C9H6N2/c1-2-4-8-7(3-1)5-10-9-6-11(8)9/h1-6H. The van der Waals surface area contributed by atoms with Crippen LogP contribution in [-0.2, 0) is 0 Å². The van der Waals surface area contributed by atoms with E-state index >= 15 is 0 Å². The quantitative estimate of drug-likeness (QED) is 0.538. The summed E-state index contributed by atoms with van der Waals surface area (Å²) in [5.74, 6) is 1.07. The molecule has 0 aromatic heterocycles. The smallest absolute Gasteiger partial charge is 0.154 e. The van der Waals surface area contributed by atoms with E-state index in [0.717, 1.165) is 5.82 Å². The number of hydrogen-bond acceptors (Lipinski definition) is 2. The minimum absolute atomic E-state index is 1.07. The lowest BCUT2D eigenvalue weighted by Crippen LogP contribution is -2.02. The van der Waals surface area contributed by atoms with Gasteiger partial charge in [-0.3, -0.25) is 4.90 Å². The van der Waals surface area contributed by atoms with Gasteiger partial charge in [-0.25, -0.2) is 4.99 Å². The third-order valence-electron chi connectivity index (χ3n) is 1.96. The molecule has 1 aromatic carbocycles. The van der Waals surface area contributed by atoms with Crippen LogP contribution in [0.2, 0.25) is 0 Å². The highest BCUT2D eigenvalue weighted by Crippen LogP contribution is 2.35. The van der Waals surface area contributed by atoms with Crippen LogP contribution < -0.4 is 4.90 Å². The molecule has 0 saturated heterocycles. The third kappa shape index (κ3) is 0.584. The van der Waals surface area contributed by atoms with Gasteiger partial charge in [0.1, 0.15) is 0 Å². The van der Waals surface area contributed by atoms with E-state index in [1.165, 1.54) is 11.3 Å². The molecule has 2 nitrogen and oxygen atoms in total. The maximum absolute atomic E-state index is 4.21. The minimum atomic E-state index is 1.07. The molecule has 0 N–H and O–H groups in total. The predicted octanol–water partition coefficient (Wildman–Crippen LogP) is 1.74. The van der Waals surface area contributed by atoms with Gasteiger partial charge in [-0.05, 0) is 6.07 Å². The van der Waals surface area contributed by atoms with Crippen molar-refractivity contribution in [1.82, 2.24) is 0 Å². The van der Waals surface area contributed by atoms with Crippen LogP contribution in [0.15, 0.2) is 41.3 Å². The van der Waals surface area contributed by atoms with Crippen LogP contribution in [0.25, 0.3) is 0 Å². The summed E-state index contributed by atoms with van der Waals surface area (Å²) in [5.41, 5.74) is 2.45. The van der Waals surface area contributed by atoms with E-state index in [0.29, 0.717) is 0 Å². The van der Waals surface area contributed by atoms with Crippen molar-refractivity contribution in [3.05, 3.63) is 41.8 Å². The van der Waals surface area contributed by atoms with Crippen molar-refractivity contribution in [2.24, 2.45) is 4.99 Å². The summed E-state index contributed by atoms with van der Waals surface area (Å²) in [7, 11) is 0. The molecule has 0 spiro atoms. The normalized spacial score (nSPS) is 17.1. The van der Waals surface area contributed by atoms with E-state index in [2.05, 4.69) is 22.0 Å². The van der Waals surface area contributed by atoms with E-state index in [1.54, 1.807) is 0 Å².